The molecule has 0 bridgehead atoms. The zero-order chi connectivity index (χ0) is 11.3. The molecule has 0 aliphatic rings. The Morgan fingerprint density at radius 1 is 1.40 bits per heavy atom. The topological polar surface area (TPSA) is 26.3 Å². The minimum atomic E-state index is -0.615. The first-order valence-electron chi connectivity index (χ1n) is 5.41. The van der Waals surface area contributed by atoms with E-state index in [0.717, 1.165) is 18.4 Å². The minimum absolute atomic E-state index is 0.121. The first-order valence-corrected chi connectivity index (χ1v) is 6.35. The predicted octanol–water partition coefficient (Wildman–Crippen LogP) is 3.53. The number of ketones is 1. The van der Waals surface area contributed by atoms with E-state index in [9.17, 15) is 4.79 Å². The SMILES string of the molecule is CCOC(CC)(CC)C(=O)c1ccsc1. The lowest BCUT2D eigenvalue weighted by atomic mass is 9.89. The Bertz CT molecular complexity index is 299. The van der Waals surface area contributed by atoms with Crippen molar-refractivity contribution in [2.75, 3.05) is 6.61 Å². The molecule has 84 valence electrons. The summed E-state index contributed by atoms with van der Waals surface area (Å²) < 4.78 is 5.67. The smallest absolute Gasteiger partial charge is 0.195 e. The highest BCUT2D eigenvalue weighted by Gasteiger charge is 2.36. The first-order chi connectivity index (χ1) is 7.20. The van der Waals surface area contributed by atoms with Crippen LogP contribution in [0.15, 0.2) is 16.8 Å². The third-order valence-electron chi connectivity index (χ3n) is 2.76. The van der Waals surface area contributed by atoms with Gasteiger partial charge in [0.05, 0.1) is 0 Å². The third kappa shape index (κ3) is 2.47. The summed E-state index contributed by atoms with van der Waals surface area (Å²) in [5.41, 5.74) is 0.160. The molecule has 0 saturated heterocycles. The maximum Gasteiger partial charge on any atom is 0.195 e. The molecule has 0 aliphatic heterocycles. The molecule has 1 rings (SSSR count). The van der Waals surface area contributed by atoms with E-state index in [1.165, 1.54) is 0 Å². The molecule has 0 amide bonds. The monoisotopic (exact) mass is 226 g/mol. The van der Waals surface area contributed by atoms with E-state index in [1.807, 2.05) is 37.6 Å². The van der Waals surface area contributed by atoms with E-state index >= 15 is 0 Å². The second-order valence-electron chi connectivity index (χ2n) is 3.48. The van der Waals surface area contributed by atoms with Crippen molar-refractivity contribution in [3.8, 4) is 0 Å². The molecule has 0 fully saturated rings. The van der Waals surface area contributed by atoms with Crippen molar-refractivity contribution in [1.29, 1.82) is 0 Å². The summed E-state index contributed by atoms with van der Waals surface area (Å²) in [6, 6.07) is 1.87. The van der Waals surface area contributed by atoms with Crippen LogP contribution in [0.3, 0.4) is 0 Å². The van der Waals surface area contributed by atoms with Gasteiger partial charge in [0.15, 0.2) is 5.78 Å². The standard InChI is InChI=1S/C12H18O2S/c1-4-12(5-2,14-6-3)11(13)10-7-8-15-9-10/h7-9H,4-6H2,1-3H3. The van der Waals surface area contributed by atoms with Gasteiger partial charge in [-0.05, 0) is 31.2 Å². The number of rotatable bonds is 6. The molecule has 1 heterocycles. The van der Waals surface area contributed by atoms with Gasteiger partial charge in [0.25, 0.3) is 0 Å². The molecule has 0 N–H and O–H groups in total. The van der Waals surface area contributed by atoms with Gasteiger partial charge >= 0.3 is 0 Å². The molecule has 0 unspecified atom stereocenters. The van der Waals surface area contributed by atoms with Crippen molar-refractivity contribution >= 4 is 17.1 Å². The lowest BCUT2D eigenvalue weighted by Crippen LogP contribution is -2.40. The fourth-order valence-corrected chi connectivity index (χ4v) is 2.41. The number of thiophene rings is 1. The Morgan fingerprint density at radius 2 is 2.07 bits per heavy atom. The minimum Gasteiger partial charge on any atom is -0.367 e. The largest absolute Gasteiger partial charge is 0.367 e. The van der Waals surface area contributed by atoms with Gasteiger partial charge in [0.1, 0.15) is 5.60 Å². The van der Waals surface area contributed by atoms with Gasteiger partial charge in [-0.3, -0.25) is 4.79 Å². The van der Waals surface area contributed by atoms with Crippen LogP contribution < -0.4 is 0 Å². The van der Waals surface area contributed by atoms with Gasteiger partial charge in [-0.25, -0.2) is 0 Å². The normalized spacial score (nSPS) is 11.7. The van der Waals surface area contributed by atoms with Crippen LogP contribution in [-0.4, -0.2) is 18.0 Å². The summed E-state index contributed by atoms with van der Waals surface area (Å²) in [6.07, 6.45) is 1.46. The van der Waals surface area contributed by atoms with E-state index in [4.69, 9.17) is 4.74 Å². The van der Waals surface area contributed by atoms with Crippen molar-refractivity contribution in [2.24, 2.45) is 0 Å². The highest BCUT2D eigenvalue weighted by molar-refractivity contribution is 7.08. The number of ether oxygens (including phenoxy) is 1. The molecule has 1 aromatic heterocycles. The molecule has 2 nitrogen and oxygen atoms in total. The highest BCUT2D eigenvalue weighted by atomic mass is 32.1. The molecular formula is C12H18O2S. The quantitative estimate of drug-likeness (QED) is 0.694. The van der Waals surface area contributed by atoms with Gasteiger partial charge in [-0.15, -0.1) is 0 Å². The fraction of sp³-hybridized carbons (Fsp3) is 0.583. The number of hydrogen-bond acceptors (Lipinski definition) is 3. The molecule has 3 heteroatoms. The summed E-state index contributed by atoms with van der Waals surface area (Å²) in [5, 5.41) is 3.82. The lowest BCUT2D eigenvalue weighted by Gasteiger charge is -2.29. The maximum atomic E-state index is 12.3. The Labute approximate surface area is 95.3 Å². The average molecular weight is 226 g/mol. The summed E-state index contributed by atoms with van der Waals surface area (Å²) in [4.78, 5) is 12.3. The number of carbonyl (C=O) groups excluding carboxylic acids is 1. The van der Waals surface area contributed by atoms with E-state index in [0.29, 0.717) is 6.61 Å². The zero-order valence-corrected chi connectivity index (χ0v) is 10.4. The summed E-state index contributed by atoms with van der Waals surface area (Å²) in [5.74, 6) is 0.121. The van der Waals surface area contributed by atoms with E-state index < -0.39 is 5.60 Å². The van der Waals surface area contributed by atoms with Crippen molar-refractivity contribution in [2.45, 2.75) is 39.2 Å². The van der Waals surface area contributed by atoms with Crippen LogP contribution in [0.1, 0.15) is 44.0 Å². The van der Waals surface area contributed by atoms with E-state index in [-0.39, 0.29) is 5.78 Å². The van der Waals surface area contributed by atoms with Crippen LogP contribution >= 0.6 is 11.3 Å². The van der Waals surface area contributed by atoms with Crippen LogP contribution in [0, 0.1) is 0 Å². The predicted molar refractivity (Wildman–Crippen MR) is 63.6 cm³/mol. The maximum absolute atomic E-state index is 12.3. The highest BCUT2D eigenvalue weighted by Crippen LogP contribution is 2.26. The number of Topliss-reactive ketones (excluding diaryl/α,β-unsaturated/α-hetero) is 1. The van der Waals surface area contributed by atoms with Crippen LogP contribution in [0.5, 0.6) is 0 Å². The Balaban J connectivity index is 2.94. The van der Waals surface area contributed by atoms with Crippen molar-refractivity contribution in [3.05, 3.63) is 22.4 Å². The van der Waals surface area contributed by atoms with Gasteiger partial charge in [-0.2, -0.15) is 11.3 Å². The molecule has 0 atom stereocenters. The summed E-state index contributed by atoms with van der Waals surface area (Å²) in [7, 11) is 0. The molecule has 0 aromatic carbocycles. The van der Waals surface area contributed by atoms with Gasteiger partial charge in [-0.1, -0.05) is 13.8 Å². The summed E-state index contributed by atoms with van der Waals surface area (Å²) in [6.45, 7) is 6.52. The second kappa shape index (κ2) is 5.42. The molecule has 1 aromatic rings. The molecule has 0 spiro atoms. The zero-order valence-electron chi connectivity index (χ0n) is 9.58. The van der Waals surface area contributed by atoms with Crippen molar-refractivity contribution in [3.63, 3.8) is 0 Å². The first kappa shape index (κ1) is 12.4. The average Bonchev–Trinajstić information content (AvgIpc) is 2.78. The molecular weight excluding hydrogens is 208 g/mol. The van der Waals surface area contributed by atoms with Gasteiger partial charge in [0, 0.05) is 17.6 Å². The second-order valence-corrected chi connectivity index (χ2v) is 4.26. The Hall–Kier alpha value is -0.670. The fourth-order valence-electron chi connectivity index (χ4n) is 1.77. The lowest BCUT2D eigenvalue weighted by molar-refractivity contribution is -0.0250. The van der Waals surface area contributed by atoms with Crippen LogP contribution in [0.2, 0.25) is 0 Å². The Morgan fingerprint density at radius 3 is 2.47 bits per heavy atom. The van der Waals surface area contributed by atoms with Crippen molar-refractivity contribution in [1.82, 2.24) is 0 Å². The molecule has 0 aliphatic carbocycles. The Kier molecular flexibility index (Phi) is 4.48. The van der Waals surface area contributed by atoms with Crippen LogP contribution in [-0.2, 0) is 4.74 Å². The summed E-state index contributed by atoms with van der Waals surface area (Å²) >= 11 is 1.55. The van der Waals surface area contributed by atoms with Crippen LogP contribution in [0.4, 0.5) is 0 Å². The number of carbonyl (C=O) groups is 1. The van der Waals surface area contributed by atoms with Gasteiger partial charge < -0.3 is 4.74 Å². The van der Waals surface area contributed by atoms with Crippen LogP contribution in [0.25, 0.3) is 0 Å². The van der Waals surface area contributed by atoms with E-state index in [2.05, 4.69) is 0 Å². The van der Waals surface area contributed by atoms with Gasteiger partial charge in [0.2, 0.25) is 0 Å². The molecule has 15 heavy (non-hydrogen) atoms. The molecule has 0 saturated carbocycles. The van der Waals surface area contributed by atoms with Crippen molar-refractivity contribution < 1.29 is 9.53 Å². The number of hydrogen-bond donors (Lipinski definition) is 0. The third-order valence-corrected chi connectivity index (χ3v) is 3.44. The van der Waals surface area contributed by atoms with E-state index in [1.54, 1.807) is 11.3 Å². The molecule has 0 radical (unpaired) electrons.